The van der Waals surface area contributed by atoms with E-state index in [1.54, 1.807) is 6.07 Å². The third kappa shape index (κ3) is 4.98. The van der Waals surface area contributed by atoms with E-state index in [-0.39, 0.29) is 11.3 Å². The summed E-state index contributed by atoms with van der Waals surface area (Å²) in [5.41, 5.74) is 0.950. The van der Waals surface area contributed by atoms with Crippen LogP contribution >= 0.6 is 11.3 Å². The highest BCUT2D eigenvalue weighted by Gasteiger charge is 2.19. The second-order valence-electron chi connectivity index (χ2n) is 6.46. The maximum Gasteiger partial charge on any atom is 0.387 e. The second-order valence-corrected chi connectivity index (χ2v) is 7.31. The van der Waals surface area contributed by atoms with Gasteiger partial charge in [-0.1, -0.05) is 19.1 Å². The number of piperidine rings is 1. The molecule has 1 aromatic heterocycles. The van der Waals surface area contributed by atoms with Gasteiger partial charge < -0.3 is 4.74 Å². The second kappa shape index (κ2) is 8.55. The van der Waals surface area contributed by atoms with Gasteiger partial charge in [0, 0.05) is 18.5 Å². The summed E-state index contributed by atoms with van der Waals surface area (Å²) in [5.74, 6) is 0.0146. The third-order valence-electron chi connectivity index (χ3n) is 4.25. The van der Waals surface area contributed by atoms with Gasteiger partial charge in [0.25, 0.3) is 5.91 Å². The van der Waals surface area contributed by atoms with Crippen LogP contribution in [-0.2, 0) is 6.54 Å². The van der Waals surface area contributed by atoms with Crippen LogP contribution in [0.15, 0.2) is 29.6 Å². The highest BCUT2D eigenvalue weighted by Crippen LogP contribution is 2.24. The number of thiazole rings is 1. The molecule has 3 rings (SSSR count). The van der Waals surface area contributed by atoms with Crippen molar-refractivity contribution >= 4 is 22.4 Å². The quantitative estimate of drug-likeness (QED) is 0.814. The predicted octanol–water partition coefficient (Wildman–Crippen LogP) is 4.23. The lowest BCUT2D eigenvalue weighted by Crippen LogP contribution is -2.33. The van der Waals surface area contributed by atoms with Gasteiger partial charge in [-0.2, -0.15) is 8.78 Å². The van der Waals surface area contributed by atoms with Crippen molar-refractivity contribution in [1.29, 1.82) is 0 Å². The van der Waals surface area contributed by atoms with Gasteiger partial charge in [0.05, 0.1) is 11.3 Å². The normalized spacial score (nSPS) is 18.1. The number of carbonyl (C=O) groups excluding carboxylic acids is 1. The number of ether oxygens (including phenoxy) is 1. The van der Waals surface area contributed by atoms with E-state index < -0.39 is 12.5 Å². The monoisotopic (exact) mass is 381 g/mol. The molecule has 1 aliphatic heterocycles. The number of nitrogens with one attached hydrogen (secondary N) is 1. The zero-order valence-electron chi connectivity index (χ0n) is 14.5. The Hall–Kier alpha value is -2.06. The average molecular weight is 381 g/mol. The molecule has 1 atom stereocenters. The topological polar surface area (TPSA) is 54.5 Å². The van der Waals surface area contributed by atoms with Crippen molar-refractivity contribution in [3.63, 3.8) is 0 Å². The molecule has 0 saturated carbocycles. The summed E-state index contributed by atoms with van der Waals surface area (Å²) in [6, 6.07) is 5.91. The molecule has 2 aromatic rings. The van der Waals surface area contributed by atoms with Crippen LogP contribution < -0.4 is 10.1 Å². The molecule has 5 nitrogen and oxygen atoms in total. The molecule has 0 aliphatic carbocycles. The number of rotatable bonds is 6. The van der Waals surface area contributed by atoms with Crippen LogP contribution in [0.4, 0.5) is 13.9 Å². The van der Waals surface area contributed by atoms with E-state index in [1.165, 1.54) is 42.4 Å². The summed E-state index contributed by atoms with van der Waals surface area (Å²) >= 11 is 1.32. The zero-order valence-corrected chi connectivity index (χ0v) is 15.3. The highest BCUT2D eigenvalue weighted by atomic mass is 32.1. The van der Waals surface area contributed by atoms with E-state index in [0.29, 0.717) is 11.0 Å². The standard InChI is InChI=1S/C18H21F2N3O2S/c1-12-5-4-8-23(9-12)10-13-11-26-18(21-13)22-16(24)14-6-2-3-7-15(14)25-17(19)20/h2-3,6-7,11-12,17H,4-5,8-10H2,1H3,(H,21,22,24). The Morgan fingerprint density at radius 2 is 2.27 bits per heavy atom. The van der Waals surface area contributed by atoms with Crippen LogP contribution in [0.3, 0.4) is 0 Å². The van der Waals surface area contributed by atoms with Gasteiger partial charge in [0.2, 0.25) is 0 Å². The van der Waals surface area contributed by atoms with Crippen molar-refractivity contribution in [2.24, 2.45) is 5.92 Å². The number of nitrogens with zero attached hydrogens (tertiary/aromatic N) is 2. The minimum Gasteiger partial charge on any atom is -0.434 e. The van der Waals surface area contributed by atoms with E-state index in [9.17, 15) is 13.6 Å². The summed E-state index contributed by atoms with van der Waals surface area (Å²) in [5, 5.41) is 5.02. The summed E-state index contributed by atoms with van der Waals surface area (Å²) in [6.07, 6.45) is 2.45. The molecule has 0 radical (unpaired) electrons. The Kier molecular flexibility index (Phi) is 6.16. The molecule has 140 valence electrons. The maximum absolute atomic E-state index is 12.5. The molecule has 1 unspecified atom stereocenters. The Labute approximate surface area is 155 Å². The number of anilines is 1. The number of alkyl halides is 2. The molecule has 1 aliphatic rings. The number of amides is 1. The predicted molar refractivity (Wildman–Crippen MR) is 96.8 cm³/mol. The van der Waals surface area contributed by atoms with E-state index in [0.717, 1.165) is 25.3 Å². The number of benzene rings is 1. The van der Waals surface area contributed by atoms with Gasteiger partial charge in [-0.05, 0) is 37.4 Å². The Bertz CT molecular complexity index is 754. The number of para-hydroxylation sites is 1. The van der Waals surface area contributed by atoms with Crippen molar-refractivity contribution in [3.05, 3.63) is 40.9 Å². The van der Waals surface area contributed by atoms with E-state index in [2.05, 4.69) is 26.9 Å². The fourth-order valence-corrected chi connectivity index (χ4v) is 3.81. The van der Waals surface area contributed by atoms with Gasteiger partial charge in [-0.3, -0.25) is 15.0 Å². The summed E-state index contributed by atoms with van der Waals surface area (Å²) in [4.78, 5) is 19.2. The van der Waals surface area contributed by atoms with Crippen LogP contribution in [0, 0.1) is 5.92 Å². The van der Waals surface area contributed by atoms with E-state index >= 15 is 0 Å². The first-order valence-corrected chi connectivity index (χ1v) is 9.41. The van der Waals surface area contributed by atoms with Crippen molar-refractivity contribution in [1.82, 2.24) is 9.88 Å². The van der Waals surface area contributed by atoms with Gasteiger partial charge in [0.15, 0.2) is 5.13 Å². The molecule has 1 saturated heterocycles. The molecule has 2 heterocycles. The minimum absolute atomic E-state index is 0.0504. The fraction of sp³-hybridized carbons (Fsp3) is 0.444. The first-order valence-electron chi connectivity index (χ1n) is 8.53. The van der Waals surface area contributed by atoms with Gasteiger partial charge in [0.1, 0.15) is 5.75 Å². The smallest absolute Gasteiger partial charge is 0.387 e. The van der Waals surface area contributed by atoms with Gasteiger partial charge >= 0.3 is 6.61 Å². The largest absolute Gasteiger partial charge is 0.434 e. The van der Waals surface area contributed by atoms with Gasteiger partial charge in [-0.15, -0.1) is 11.3 Å². The van der Waals surface area contributed by atoms with Crippen LogP contribution in [0.2, 0.25) is 0 Å². The SMILES string of the molecule is CC1CCCN(Cc2csc(NC(=O)c3ccccc3OC(F)F)n2)C1. The Morgan fingerprint density at radius 3 is 3.04 bits per heavy atom. The fourth-order valence-electron chi connectivity index (χ4n) is 3.11. The van der Waals surface area contributed by atoms with Crippen LogP contribution in [0.1, 0.15) is 35.8 Å². The lowest BCUT2D eigenvalue weighted by atomic mass is 10.0. The number of hydrogen-bond donors (Lipinski definition) is 1. The first-order chi connectivity index (χ1) is 12.5. The Balaban J connectivity index is 1.63. The lowest BCUT2D eigenvalue weighted by molar-refractivity contribution is -0.0501. The molecular weight excluding hydrogens is 360 g/mol. The number of carbonyl (C=O) groups is 1. The zero-order chi connectivity index (χ0) is 18.5. The van der Waals surface area contributed by atoms with Crippen LogP contribution in [-0.4, -0.2) is 35.5 Å². The minimum atomic E-state index is -2.98. The number of halogens is 2. The van der Waals surface area contributed by atoms with Gasteiger partial charge in [-0.25, -0.2) is 4.98 Å². The van der Waals surface area contributed by atoms with Crippen LogP contribution in [0.25, 0.3) is 0 Å². The van der Waals surface area contributed by atoms with Crippen molar-refractivity contribution in [2.75, 3.05) is 18.4 Å². The molecule has 1 N–H and O–H groups in total. The molecule has 8 heteroatoms. The first kappa shape index (κ1) is 18.7. The van der Waals surface area contributed by atoms with E-state index in [1.807, 2.05) is 5.38 Å². The number of aromatic nitrogens is 1. The summed E-state index contributed by atoms with van der Waals surface area (Å²) in [6.45, 7) is 2.13. The average Bonchev–Trinajstić information content (AvgIpc) is 3.01. The number of likely N-dealkylation sites (tertiary alicyclic amines) is 1. The molecular formula is C18H21F2N3O2S. The summed E-state index contributed by atoms with van der Waals surface area (Å²) < 4.78 is 29.4. The maximum atomic E-state index is 12.5. The van der Waals surface area contributed by atoms with E-state index in [4.69, 9.17) is 0 Å². The molecule has 0 spiro atoms. The highest BCUT2D eigenvalue weighted by molar-refractivity contribution is 7.14. The van der Waals surface area contributed by atoms with Crippen LogP contribution in [0.5, 0.6) is 5.75 Å². The molecule has 1 aromatic carbocycles. The molecule has 1 amide bonds. The molecule has 0 bridgehead atoms. The lowest BCUT2D eigenvalue weighted by Gasteiger charge is -2.30. The van der Waals surface area contributed by atoms with Crippen molar-refractivity contribution < 1.29 is 18.3 Å². The molecule has 26 heavy (non-hydrogen) atoms. The van der Waals surface area contributed by atoms with Crippen molar-refractivity contribution in [3.8, 4) is 5.75 Å². The Morgan fingerprint density at radius 1 is 1.46 bits per heavy atom. The van der Waals surface area contributed by atoms with Crippen molar-refractivity contribution in [2.45, 2.75) is 32.9 Å². The third-order valence-corrected chi connectivity index (χ3v) is 5.05. The summed E-state index contributed by atoms with van der Waals surface area (Å²) in [7, 11) is 0. The molecule has 1 fully saturated rings. The number of hydrogen-bond acceptors (Lipinski definition) is 5.